The molecule has 160 valence electrons. The van der Waals surface area contributed by atoms with E-state index in [0.717, 1.165) is 16.7 Å². The molecular formula is C23H22ClN3O3S. The topological polar surface area (TPSA) is 79.4 Å². The second kappa shape index (κ2) is 9.18. The molecule has 31 heavy (non-hydrogen) atoms. The molecule has 1 aromatic heterocycles. The first-order valence-electron chi connectivity index (χ1n) is 9.96. The number of halogens is 1. The number of sulfonamides is 1. The zero-order valence-corrected chi connectivity index (χ0v) is 18.3. The largest absolute Gasteiger partial charge is 0.352 e. The minimum atomic E-state index is -3.80. The number of carbonyl (C=O) groups is 1. The number of pyridine rings is 1. The number of fused-ring (bicyclic) bond motifs is 1. The van der Waals surface area contributed by atoms with E-state index in [9.17, 15) is 13.2 Å². The first-order chi connectivity index (χ1) is 14.9. The summed E-state index contributed by atoms with van der Waals surface area (Å²) in [6, 6.07) is 16.9. The zero-order valence-electron chi connectivity index (χ0n) is 16.7. The van der Waals surface area contributed by atoms with E-state index in [0.29, 0.717) is 24.5 Å². The van der Waals surface area contributed by atoms with Crippen LogP contribution in [0.5, 0.6) is 0 Å². The molecule has 3 aromatic rings. The minimum Gasteiger partial charge on any atom is -0.352 e. The molecule has 0 saturated carbocycles. The van der Waals surface area contributed by atoms with Crippen molar-refractivity contribution in [3.63, 3.8) is 0 Å². The summed E-state index contributed by atoms with van der Waals surface area (Å²) in [7, 11) is -3.80. The predicted octanol–water partition coefficient (Wildman–Crippen LogP) is 3.73. The molecule has 2 heterocycles. The fourth-order valence-corrected chi connectivity index (χ4v) is 5.55. The molecule has 1 aliphatic heterocycles. The van der Waals surface area contributed by atoms with Gasteiger partial charge >= 0.3 is 0 Å². The fraction of sp³-hybridized carbons (Fsp3) is 0.217. The Morgan fingerprint density at radius 3 is 2.61 bits per heavy atom. The van der Waals surface area contributed by atoms with Crippen LogP contribution in [-0.2, 0) is 27.8 Å². The third-order valence-corrected chi connectivity index (χ3v) is 7.55. The Morgan fingerprint density at radius 2 is 1.87 bits per heavy atom. The fourth-order valence-electron chi connectivity index (χ4n) is 3.82. The van der Waals surface area contributed by atoms with Gasteiger partial charge in [0.15, 0.2) is 0 Å². The van der Waals surface area contributed by atoms with Crippen molar-refractivity contribution >= 4 is 27.5 Å². The van der Waals surface area contributed by atoms with Gasteiger partial charge in [-0.3, -0.25) is 9.78 Å². The molecule has 0 spiro atoms. The second-order valence-electron chi connectivity index (χ2n) is 7.38. The van der Waals surface area contributed by atoms with Gasteiger partial charge in [-0.2, -0.15) is 4.31 Å². The van der Waals surface area contributed by atoms with E-state index in [2.05, 4.69) is 10.3 Å². The van der Waals surface area contributed by atoms with Gasteiger partial charge in [-0.05, 0) is 53.4 Å². The number of hydrogen-bond donors (Lipinski definition) is 1. The van der Waals surface area contributed by atoms with E-state index < -0.39 is 16.1 Å². The number of aromatic nitrogens is 1. The summed E-state index contributed by atoms with van der Waals surface area (Å²) in [6.45, 7) is 0.646. The van der Waals surface area contributed by atoms with Gasteiger partial charge < -0.3 is 5.32 Å². The zero-order chi connectivity index (χ0) is 21.8. The van der Waals surface area contributed by atoms with Crippen LogP contribution in [0, 0.1) is 0 Å². The monoisotopic (exact) mass is 455 g/mol. The second-order valence-corrected chi connectivity index (χ2v) is 9.70. The molecule has 1 unspecified atom stereocenters. The van der Waals surface area contributed by atoms with Gasteiger partial charge in [0.1, 0.15) is 0 Å². The number of nitrogens with one attached hydrogen (secondary N) is 1. The van der Waals surface area contributed by atoms with Crippen molar-refractivity contribution in [3.8, 4) is 0 Å². The van der Waals surface area contributed by atoms with Gasteiger partial charge in [0, 0.05) is 36.9 Å². The smallest absolute Gasteiger partial charge is 0.243 e. The third-order valence-electron chi connectivity index (χ3n) is 5.37. The van der Waals surface area contributed by atoms with Crippen molar-refractivity contribution in [2.24, 2.45) is 0 Å². The van der Waals surface area contributed by atoms with Crippen molar-refractivity contribution in [1.82, 2.24) is 14.6 Å². The van der Waals surface area contributed by atoms with E-state index in [-0.39, 0.29) is 17.2 Å². The SMILES string of the molecule is O=C(CC1c2ccccc2CCN1S(=O)(=O)c1ccc(Cl)cc1)NCc1cccnc1. The maximum absolute atomic E-state index is 13.4. The van der Waals surface area contributed by atoms with Crippen molar-refractivity contribution in [3.05, 3.63) is 94.8 Å². The molecule has 2 aromatic carbocycles. The summed E-state index contributed by atoms with van der Waals surface area (Å²) in [5.74, 6) is -0.220. The Bertz CT molecular complexity index is 1170. The molecule has 1 aliphatic rings. The van der Waals surface area contributed by atoms with Crippen LogP contribution < -0.4 is 5.32 Å². The summed E-state index contributed by atoms with van der Waals surface area (Å²) in [5, 5.41) is 3.35. The van der Waals surface area contributed by atoms with Gasteiger partial charge in [0.05, 0.1) is 10.9 Å². The molecule has 0 aliphatic carbocycles. The predicted molar refractivity (Wildman–Crippen MR) is 119 cm³/mol. The summed E-state index contributed by atoms with van der Waals surface area (Å²) < 4.78 is 28.3. The standard InChI is InChI=1S/C23H22ClN3O3S/c24-19-7-9-20(10-8-19)31(29,30)27-13-11-18-5-1-2-6-21(18)22(27)14-23(28)26-16-17-4-3-12-25-15-17/h1-10,12,15,22H,11,13-14,16H2,(H,26,28). The quantitative estimate of drug-likeness (QED) is 0.614. The first kappa shape index (κ1) is 21.5. The number of benzene rings is 2. The highest BCUT2D eigenvalue weighted by Crippen LogP contribution is 2.36. The maximum atomic E-state index is 13.4. The van der Waals surface area contributed by atoms with Crippen molar-refractivity contribution in [2.75, 3.05) is 6.54 Å². The lowest BCUT2D eigenvalue weighted by molar-refractivity contribution is -0.122. The van der Waals surface area contributed by atoms with Gasteiger partial charge in [0.25, 0.3) is 0 Å². The number of hydrogen-bond acceptors (Lipinski definition) is 4. The molecule has 4 rings (SSSR count). The van der Waals surface area contributed by atoms with Gasteiger partial charge in [-0.1, -0.05) is 41.9 Å². The van der Waals surface area contributed by atoms with Crippen LogP contribution in [0.1, 0.15) is 29.2 Å². The lowest BCUT2D eigenvalue weighted by Gasteiger charge is -2.36. The Hall–Kier alpha value is -2.74. The molecule has 0 radical (unpaired) electrons. The van der Waals surface area contributed by atoms with Crippen LogP contribution in [0.15, 0.2) is 78.0 Å². The van der Waals surface area contributed by atoms with Crippen LogP contribution in [0.2, 0.25) is 5.02 Å². The number of amides is 1. The molecular weight excluding hydrogens is 434 g/mol. The lowest BCUT2D eigenvalue weighted by atomic mass is 9.92. The van der Waals surface area contributed by atoms with Crippen LogP contribution >= 0.6 is 11.6 Å². The van der Waals surface area contributed by atoms with Crippen molar-refractivity contribution in [1.29, 1.82) is 0 Å². The van der Waals surface area contributed by atoms with Crippen LogP contribution in [0.25, 0.3) is 0 Å². The maximum Gasteiger partial charge on any atom is 0.243 e. The highest BCUT2D eigenvalue weighted by Gasteiger charge is 2.37. The highest BCUT2D eigenvalue weighted by atomic mass is 35.5. The number of nitrogens with zero attached hydrogens (tertiary/aromatic N) is 2. The Balaban J connectivity index is 1.60. The summed E-state index contributed by atoms with van der Waals surface area (Å²) in [4.78, 5) is 17.0. The molecule has 1 amide bonds. The van der Waals surface area contributed by atoms with Gasteiger partial charge in [-0.15, -0.1) is 0 Å². The normalized spacial score (nSPS) is 16.5. The van der Waals surface area contributed by atoms with E-state index in [1.165, 1.54) is 16.4 Å². The lowest BCUT2D eigenvalue weighted by Crippen LogP contribution is -2.42. The summed E-state index contributed by atoms with van der Waals surface area (Å²) in [6.07, 6.45) is 3.98. The Labute approximate surface area is 186 Å². The van der Waals surface area contributed by atoms with Gasteiger partial charge in [0.2, 0.25) is 15.9 Å². The van der Waals surface area contributed by atoms with Crippen molar-refractivity contribution < 1.29 is 13.2 Å². The average Bonchev–Trinajstić information content (AvgIpc) is 2.79. The summed E-state index contributed by atoms with van der Waals surface area (Å²) >= 11 is 5.93. The molecule has 1 atom stereocenters. The molecule has 1 N–H and O–H groups in total. The van der Waals surface area contributed by atoms with E-state index in [4.69, 9.17) is 11.6 Å². The van der Waals surface area contributed by atoms with Crippen LogP contribution in [0.4, 0.5) is 0 Å². The van der Waals surface area contributed by atoms with Crippen LogP contribution in [0.3, 0.4) is 0 Å². The molecule has 0 saturated heterocycles. The van der Waals surface area contributed by atoms with E-state index in [1.807, 2.05) is 30.3 Å². The Morgan fingerprint density at radius 1 is 1.10 bits per heavy atom. The third kappa shape index (κ3) is 4.79. The van der Waals surface area contributed by atoms with Crippen molar-refractivity contribution in [2.45, 2.75) is 30.3 Å². The molecule has 6 nitrogen and oxygen atoms in total. The molecule has 0 fully saturated rings. The minimum absolute atomic E-state index is 0.0318. The number of carbonyl (C=O) groups excluding carboxylic acids is 1. The molecule has 8 heteroatoms. The Kier molecular flexibility index (Phi) is 6.36. The van der Waals surface area contributed by atoms with E-state index >= 15 is 0 Å². The summed E-state index contributed by atoms with van der Waals surface area (Å²) in [5.41, 5.74) is 2.81. The highest BCUT2D eigenvalue weighted by molar-refractivity contribution is 7.89. The van der Waals surface area contributed by atoms with Gasteiger partial charge in [-0.25, -0.2) is 8.42 Å². The first-order valence-corrected chi connectivity index (χ1v) is 11.8. The molecule has 0 bridgehead atoms. The number of rotatable bonds is 6. The van der Waals surface area contributed by atoms with Crippen LogP contribution in [-0.4, -0.2) is 30.2 Å². The van der Waals surface area contributed by atoms with E-state index in [1.54, 1.807) is 30.6 Å². The average molecular weight is 456 g/mol.